The molecule has 5 rings (SSSR count). The zero-order valence-corrected chi connectivity index (χ0v) is 19.1. The van der Waals surface area contributed by atoms with E-state index in [0.717, 1.165) is 50.4 Å². The number of carbonyl (C=O) groups excluding carboxylic acids is 1. The van der Waals surface area contributed by atoms with E-state index in [1.807, 2.05) is 9.47 Å². The molecule has 5 heterocycles. The summed E-state index contributed by atoms with van der Waals surface area (Å²) in [4.78, 5) is 38.5. The first kappa shape index (κ1) is 23.7. The summed E-state index contributed by atoms with van der Waals surface area (Å²) in [5, 5.41) is 3.47. The summed E-state index contributed by atoms with van der Waals surface area (Å²) < 4.78 is 1.91. The van der Waals surface area contributed by atoms with Crippen molar-refractivity contribution in [2.24, 2.45) is 5.92 Å². The normalized spacial score (nSPS) is 22.7. The van der Waals surface area contributed by atoms with Crippen molar-refractivity contribution in [1.82, 2.24) is 29.7 Å². The second-order valence-corrected chi connectivity index (χ2v) is 8.46. The Morgan fingerprint density at radius 3 is 2.65 bits per heavy atom. The Bertz CT molecular complexity index is 1010. The number of hydrogen-bond acceptors (Lipinski definition) is 6. The van der Waals surface area contributed by atoms with E-state index >= 15 is 0 Å². The van der Waals surface area contributed by atoms with E-state index in [1.54, 1.807) is 12.3 Å². The van der Waals surface area contributed by atoms with Crippen LogP contribution in [0.25, 0.3) is 11.3 Å². The lowest BCUT2D eigenvalue weighted by molar-refractivity contribution is 0.0658. The van der Waals surface area contributed by atoms with Crippen LogP contribution in [0, 0.1) is 5.92 Å². The molecule has 2 bridgehead atoms. The second-order valence-electron chi connectivity index (χ2n) is 8.46. The number of hydrogen-bond donors (Lipinski definition) is 1. The Balaban J connectivity index is 0.00000136. The van der Waals surface area contributed by atoms with Crippen LogP contribution >= 0.6 is 24.8 Å². The number of piperazine rings is 1. The van der Waals surface area contributed by atoms with Gasteiger partial charge in [-0.1, -0.05) is 0 Å². The third kappa shape index (κ3) is 4.62. The molecule has 168 valence electrons. The van der Waals surface area contributed by atoms with E-state index in [4.69, 9.17) is 0 Å². The van der Waals surface area contributed by atoms with E-state index in [0.29, 0.717) is 36.3 Å². The SMILES string of the molecule is CN1CCN(C(=O)c2cncc(-c3cc4n(c(=O)c3)C[C@@H]3CNC[C@H]4C3)n2)CC1.Cl.Cl. The molecule has 3 aliphatic heterocycles. The lowest BCUT2D eigenvalue weighted by Crippen LogP contribution is -2.47. The summed E-state index contributed by atoms with van der Waals surface area (Å²) in [7, 11) is 2.06. The van der Waals surface area contributed by atoms with E-state index in [-0.39, 0.29) is 36.3 Å². The van der Waals surface area contributed by atoms with Gasteiger partial charge < -0.3 is 19.7 Å². The fourth-order valence-electron chi connectivity index (χ4n) is 4.73. The van der Waals surface area contributed by atoms with Crippen LogP contribution in [-0.2, 0) is 6.54 Å². The predicted molar refractivity (Wildman–Crippen MR) is 123 cm³/mol. The Morgan fingerprint density at radius 1 is 1.10 bits per heavy atom. The molecule has 0 aliphatic carbocycles. The van der Waals surface area contributed by atoms with Gasteiger partial charge in [0.15, 0.2) is 0 Å². The van der Waals surface area contributed by atoms with Crippen molar-refractivity contribution in [3.8, 4) is 11.3 Å². The molecule has 1 amide bonds. The molecule has 10 heteroatoms. The number of nitrogens with one attached hydrogen (secondary N) is 1. The predicted octanol–water partition coefficient (Wildman–Crippen LogP) is 1.24. The monoisotopic (exact) mass is 466 g/mol. The Morgan fingerprint density at radius 2 is 1.87 bits per heavy atom. The topological polar surface area (TPSA) is 83.4 Å². The van der Waals surface area contributed by atoms with Crippen molar-refractivity contribution in [1.29, 1.82) is 0 Å². The molecule has 8 nitrogen and oxygen atoms in total. The first-order chi connectivity index (χ1) is 14.1. The third-order valence-electron chi connectivity index (χ3n) is 6.40. The number of aromatic nitrogens is 3. The number of halogens is 2. The van der Waals surface area contributed by atoms with Gasteiger partial charge in [0.2, 0.25) is 0 Å². The van der Waals surface area contributed by atoms with Crippen LogP contribution < -0.4 is 10.9 Å². The summed E-state index contributed by atoms with van der Waals surface area (Å²) in [6.45, 7) is 5.74. The maximum atomic E-state index is 12.9. The molecule has 0 radical (unpaired) electrons. The summed E-state index contributed by atoms with van der Waals surface area (Å²) in [6.07, 6.45) is 4.27. The minimum absolute atomic E-state index is 0. The standard InChI is InChI=1S/C21H26N6O2.2ClH/c1-25-2-4-26(5-3-25)21(29)18-12-23-11-17(24-18)15-7-19-16-6-14(9-22-10-16)13-27(19)20(28)8-15;;/h7-8,11-12,14,16,22H,2-6,9-10,13H2,1H3;2*1H/t14-,16+;;/m0../s1. The summed E-state index contributed by atoms with van der Waals surface area (Å²) >= 11 is 0. The van der Waals surface area contributed by atoms with Gasteiger partial charge in [-0.2, -0.15) is 0 Å². The molecule has 2 aromatic rings. The first-order valence-electron chi connectivity index (χ1n) is 10.3. The van der Waals surface area contributed by atoms with Gasteiger partial charge in [-0.3, -0.25) is 14.6 Å². The van der Waals surface area contributed by atoms with Gasteiger partial charge in [-0.15, -0.1) is 24.8 Å². The van der Waals surface area contributed by atoms with Crippen molar-refractivity contribution in [3.05, 3.63) is 46.3 Å². The van der Waals surface area contributed by atoms with Crippen LogP contribution in [-0.4, -0.2) is 76.6 Å². The van der Waals surface area contributed by atoms with Gasteiger partial charge in [0.25, 0.3) is 11.5 Å². The molecule has 2 fully saturated rings. The van der Waals surface area contributed by atoms with Gasteiger partial charge in [0.05, 0.1) is 18.1 Å². The fraction of sp³-hybridized carbons (Fsp3) is 0.524. The summed E-state index contributed by atoms with van der Waals surface area (Å²) in [5.41, 5.74) is 2.73. The highest BCUT2D eigenvalue weighted by Gasteiger charge is 2.31. The molecule has 0 spiro atoms. The number of carbonyl (C=O) groups is 1. The summed E-state index contributed by atoms with van der Waals surface area (Å²) in [5.74, 6) is 0.772. The molecule has 1 N–H and O–H groups in total. The maximum Gasteiger partial charge on any atom is 0.274 e. The van der Waals surface area contributed by atoms with Crippen LogP contribution in [0.5, 0.6) is 0 Å². The number of amides is 1. The van der Waals surface area contributed by atoms with E-state index < -0.39 is 0 Å². The van der Waals surface area contributed by atoms with Crippen LogP contribution in [0.2, 0.25) is 0 Å². The van der Waals surface area contributed by atoms with Gasteiger partial charge in [0.1, 0.15) is 5.69 Å². The molecular formula is C21H28Cl2N6O2. The molecule has 2 aromatic heterocycles. The van der Waals surface area contributed by atoms with Gasteiger partial charge >= 0.3 is 0 Å². The van der Waals surface area contributed by atoms with Crippen LogP contribution in [0.1, 0.15) is 28.5 Å². The molecule has 2 saturated heterocycles. The zero-order chi connectivity index (χ0) is 20.0. The number of rotatable bonds is 2. The Hall–Kier alpha value is -2.00. The van der Waals surface area contributed by atoms with E-state index in [1.165, 1.54) is 6.20 Å². The third-order valence-corrected chi connectivity index (χ3v) is 6.40. The highest BCUT2D eigenvalue weighted by molar-refractivity contribution is 5.92. The lowest BCUT2D eigenvalue weighted by atomic mass is 9.83. The first-order valence-corrected chi connectivity index (χ1v) is 10.3. The van der Waals surface area contributed by atoms with Crippen molar-refractivity contribution in [2.75, 3.05) is 46.3 Å². The van der Waals surface area contributed by atoms with Crippen molar-refractivity contribution >= 4 is 30.7 Å². The minimum Gasteiger partial charge on any atom is -0.335 e. The average Bonchev–Trinajstić information content (AvgIpc) is 2.75. The van der Waals surface area contributed by atoms with E-state index in [2.05, 4.69) is 33.3 Å². The largest absolute Gasteiger partial charge is 0.335 e. The molecule has 2 atom stereocenters. The van der Waals surface area contributed by atoms with Crippen molar-refractivity contribution in [3.63, 3.8) is 0 Å². The number of nitrogens with zero attached hydrogens (tertiary/aromatic N) is 5. The molecule has 0 unspecified atom stereocenters. The Labute approximate surface area is 193 Å². The second kappa shape index (κ2) is 9.65. The molecular weight excluding hydrogens is 439 g/mol. The average molecular weight is 467 g/mol. The van der Waals surface area contributed by atoms with E-state index in [9.17, 15) is 9.59 Å². The highest BCUT2D eigenvalue weighted by Crippen LogP contribution is 2.33. The molecule has 0 saturated carbocycles. The number of fused-ring (bicyclic) bond motifs is 4. The zero-order valence-electron chi connectivity index (χ0n) is 17.5. The molecule has 3 aliphatic rings. The quantitative estimate of drug-likeness (QED) is 0.716. The minimum atomic E-state index is -0.0959. The summed E-state index contributed by atoms with van der Waals surface area (Å²) in [6, 6.07) is 3.69. The van der Waals surface area contributed by atoms with Crippen molar-refractivity contribution < 1.29 is 4.79 Å². The van der Waals surface area contributed by atoms with Crippen LogP contribution in [0.3, 0.4) is 0 Å². The highest BCUT2D eigenvalue weighted by atomic mass is 35.5. The van der Waals surface area contributed by atoms with Gasteiger partial charge in [0, 0.05) is 62.5 Å². The Kier molecular flexibility index (Phi) is 7.36. The lowest BCUT2D eigenvalue weighted by Gasteiger charge is -2.37. The molecule has 0 aromatic carbocycles. The van der Waals surface area contributed by atoms with Crippen molar-refractivity contribution in [2.45, 2.75) is 18.9 Å². The molecule has 31 heavy (non-hydrogen) atoms. The number of pyridine rings is 1. The smallest absolute Gasteiger partial charge is 0.274 e. The fourth-order valence-corrected chi connectivity index (χ4v) is 4.73. The van der Waals surface area contributed by atoms with Crippen LogP contribution in [0.4, 0.5) is 0 Å². The number of piperidine rings is 1. The maximum absolute atomic E-state index is 12.9. The van der Waals surface area contributed by atoms with Crippen LogP contribution in [0.15, 0.2) is 29.3 Å². The number of likely N-dealkylation sites (N-methyl/N-ethyl adjacent to an activating group) is 1. The van der Waals surface area contributed by atoms with Gasteiger partial charge in [-0.05, 0) is 32.0 Å². The van der Waals surface area contributed by atoms with Gasteiger partial charge in [-0.25, -0.2) is 4.98 Å².